The van der Waals surface area contributed by atoms with Crippen molar-refractivity contribution in [2.24, 2.45) is 0 Å². The number of hydrogen-bond acceptors (Lipinski definition) is 7. The van der Waals surface area contributed by atoms with Gasteiger partial charge < -0.3 is 23.7 Å². The highest BCUT2D eigenvalue weighted by atomic mass is 16.6. The van der Waals surface area contributed by atoms with Gasteiger partial charge in [-0.2, -0.15) is 0 Å². The average Bonchev–Trinajstić information content (AvgIpc) is 2.42. The molecule has 0 aliphatic carbocycles. The van der Waals surface area contributed by atoms with E-state index in [-0.39, 0.29) is 11.9 Å². The molecule has 0 N–H and O–H groups in total. The van der Waals surface area contributed by atoms with Gasteiger partial charge >= 0.3 is 11.9 Å². The zero-order valence-corrected chi connectivity index (χ0v) is 14.1. The van der Waals surface area contributed by atoms with Gasteiger partial charge in [0.25, 0.3) is 0 Å². The number of rotatable bonds is 8. The highest BCUT2D eigenvalue weighted by Crippen LogP contribution is 1.77. The minimum Gasteiger partial charge on any atom is -0.466 e. The van der Waals surface area contributed by atoms with Crippen molar-refractivity contribution < 1.29 is 33.3 Å². The SMILES string of the molecule is CCOC(C)=O.CCOCCOC(C)=O.COCCOC. The molecule has 21 heavy (non-hydrogen) atoms. The standard InChI is InChI=1S/C6H12O3.C4H10O2.C4H8O2/c1-3-8-4-5-9-6(2)7;1-5-3-4-6-2;1-3-6-4(2)5/h3-5H2,1-2H3;3-4H2,1-2H3;3H2,1-2H3. The number of carbonyl (C=O) groups excluding carboxylic acids is 2. The summed E-state index contributed by atoms with van der Waals surface area (Å²) in [6.07, 6.45) is 0. The van der Waals surface area contributed by atoms with Gasteiger partial charge in [-0.05, 0) is 13.8 Å². The Morgan fingerprint density at radius 3 is 1.43 bits per heavy atom. The van der Waals surface area contributed by atoms with Crippen molar-refractivity contribution in [3.63, 3.8) is 0 Å². The maximum Gasteiger partial charge on any atom is 0.302 e. The summed E-state index contributed by atoms with van der Waals surface area (Å²) < 4.78 is 23.2. The molecule has 0 aromatic heterocycles. The molecule has 0 aromatic carbocycles. The normalized spacial score (nSPS) is 8.67. The number of carbonyl (C=O) groups is 2. The minimum absolute atomic E-state index is 0.211. The van der Waals surface area contributed by atoms with E-state index in [9.17, 15) is 9.59 Å². The fourth-order valence-electron chi connectivity index (χ4n) is 0.759. The van der Waals surface area contributed by atoms with Crippen LogP contribution in [0, 0.1) is 0 Å². The van der Waals surface area contributed by atoms with Gasteiger partial charge in [0.05, 0.1) is 26.4 Å². The Bertz CT molecular complexity index is 215. The van der Waals surface area contributed by atoms with Crippen LogP contribution < -0.4 is 0 Å². The summed E-state index contributed by atoms with van der Waals surface area (Å²) in [5.74, 6) is -0.466. The van der Waals surface area contributed by atoms with Crippen molar-refractivity contribution in [1.29, 1.82) is 0 Å². The van der Waals surface area contributed by atoms with Gasteiger partial charge in [-0.1, -0.05) is 0 Å². The van der Waals surface area contributed by atoms with E-state index in [1.807, 2.05) is 6.92 Å². The molecule has 128 valence electrons. The van der Waals surface area contributed by atoms with Crippen LogP contribution in [0.15, 0.2) is 0 Å². The quantitative estimate of drug-likeness (QED) is 0.495. The molecule has 0 aliphatic rings. The average molecular weight is 310 g/mol. The molecule has 7 nitrogen and oxygen atoms in total. The maximum atomic E-state index is 10.1. The van der Waals surface area contributed by atoms with E-state index in [1.54, 1.807) is 21.1 Å². The molecule has 0 rings (SSSR count). The highest BCUT2D eigenvalue weighted by Gasteiger charge is 1.89. The number of esters is 2. The third-order valence-electron chi connectivity index (χ3n) is 1.58. The fraction of sp³-hybridized carbons (Fsp3) is 0.857. The fourth-order valence-corrected chi connectivity index (χ4v) is 0.759. The van der Waals surface area contributed by atoms with Crippen LogP contribution in [-0.2, 0) is 33.3 Å². The molecule has 0 radical (unpaired) electrons. The first kappa shape index (κ1) is 24.8. The van der Waals surface area contributed by atoms with Crippen LogP contribution in [-0.4, -0.2) is 65.8 Å². The van der Waals surface area contributed by atoms with E-state index in [2.05, 4.69) is 18.9 Å². The van der Waals surface area contributed by atoms with Crippen molar-refractivity contribution in [2.45, 2.75) is 27.7 Å². The summed E-state index contributed by atoms with van der Waals surface area (Å²) in [6.45, 7) is 9.84. The largest absolute Gasteiger partial charge is 0.466 e. The van der Waals surface area contributed by atoms with Crippen LogP contribution in [0.25, 0.3) is 0 Å². The molecule has 0 fully saturated rings. The van der Waals surface area contributed by atoms with Crippen molar-refractivity contribution in [3.05, 3.63) is 0 Å². The summed E-state index contributed by atoms with van der Waals surface area (Å²) in [5.41, 5.74) is 0. The molecule has 0 saturated heterocycles. The molecule has 0 bridgehead atoms. The minimum atomic E-state index is -0.255. The second kappa shape index (κ2) is 23.9. The topological polar surface area (TPSA) is 80.3 Å². The molecule has 0 aliphatic heterocycles. The molecule has 0 spiro atoms. The van der Waals surface area contributed by atoms with Gasteiger partial charge in [-0.25, -0.2) is 0 Å². The molecule has 0 unspecified atom stereocenters. The summed E-state index contributed by atoms with van der Waals surface area (Å²) in [6, 6.07) is 0. The van der Waals surface area contributed by atoms with Gasteiger partial charge in [-0.15, -0.1) is 0 Å². The lowest BCUT2D eigenvalue weighted by atomic mass is 10.7. The predicted octanol–water partition coefficient (Wildman–Crippen LogP) is 1.43. The van der Waals surface area contributed by atoms with Crippen LogP contribution in [0.2, 0.25) is 0 Å². The van der Waals surface area contributed by atoms with E-state index in [0.717, 1.165) is 0 Å². The van der Waals surface area contributed by atoms with E-state index in [0.29, 0.717) is 39.6 Å². The Balaban J connectivity index is -0.000000240. The lowest BCUT2D eigenvalue weighted by Crippen LogP contribution is -2.06. The first-order valence-electron chi connectivity index (χ1n) is 6.78. The second-order valence-electron chi connectivity index (χ2n) is 3.45. The zero-order chi connectivity index (χ0) is 16.9. The lowest BCUT2D eigenvalue weighted by molar-refractivity contribution is -0.142. The van der Waals surface area contributed by atoms with Gasteiger partial charge in [0, 0.05) is 34.7 Å². The third-order valence-corrected chi connectivity index (χ3v) is 1.58. The predicted molar refractivity (Wildman–Crippen MR) is 79.2 cm³/mol. The van der Waals surface area contributed by atoms with Crippen molar-refractivity contribution in [3.8, 4) is 0 Å². The van der Waals surface area contributed by atoms with Crippen LogP contribution in [0.1, 0.15) is 27.7 Å². The van der Waals surface area contributed by atoms with Gasteiger partial charge in [0.15, 0.2) is 0 Å². The summed E-state index contributed by atoms with van der Waals surface area (Å²) in [7, 11) is 3.30. The van der Waals surface area contributed by atoms with Crippen molar-refractivity contribution >= 4 is 11.9 Å². The molecule has 0 atom stereocenters. The third kappa shape index (κ3) is 45.5. The molecule has 0 amide bonds. The Morgan fingerprint density at radius 1 is 0.714 bits per heavy atom. The van der Waals surface area contributed by atoms with Crippen LogP contribution >= 0.6 is 0 Å². The van der Waals surface area contributed by atoms with Crippen LogP contribution in [0.5, 0.6) is 0 Å². The second-order valence-corrected chi connectivity index (χ2v) is 3.45. The summed E-state index contributed by atoms with van der Waals surface area (Å²) in [4.78, 5) is 20.0. The number of hydrogen-bond donors (Lipinski definition) is 0. The molecular weight excluding hydrogens is 280 g/mol. The van der Waals surface area contributed by atoms with Gasteiger partial charge in [-0.3, -0.25) is 9.59 Å². The first-order chi connectivity index (χ1) is 9.95. The van der Waals surface area contributed by atoms with Gasteiger partial charge in [0.1, 0.15) is 6.61 Å². The van der Waals surface area contributed by atoms with E-state index in [1.165, 1.54) is 13.8 Å². The first-order valence-corrected chi connectivity index (χ1v) is 6.78. The Labute approximate surface area is 127 Å². The number of ether oxygens (including phenoxy) is 5. The Kier molecular flexibility index (Phi) is 28.2. The smallest absolute Gasteiger partial charge is 0.302 e. The molecular formula is C14H30O7. The number of methoxy groups -OCH3 is 2. The molecule has 0 heterocycles. The van der Waals surface area contributed by atoms with Crippen LogP contribution in [0.4, 0.5) is 0 Å². The lowest BCUT2D eigenvalue weighted by Gasteiger charge is -1.99. The van der Waals surface area contributed by atoms with Crippen molar-refractivity contribution in [1.82, 2.24) is 0 Å². The van der Waals surface area contributed by atoms with E-state index < -0.39 is 0 Å². The Hall–Kier alpha value is -1.18. The molecule has 0 saturated carbocycles. The Morgan fingerprint density at radius 2 is 1.19 bits per heavy atom. The van der Waals surface area contributed by atoms with E-state index in [4.69, 9.17) is 4.74 Å². The summed E-state index contributed by atoms with van der Waals surface area (Å²) in [5, 5.41) is 0. The molecule has 7 heteroatoms. The van der Waals surface area contributed by atoms with Gasteiger partial charge in [0.2, 0.25) is 0 Å². The summed E-state index contributed by atoms with van der Waals surface area (Å²) >= 11 is 0. The zero-order valence-electron chi connectivity index (χ0n) is 14.1. The van der Waals surface area contributed by atoms with E-state index >= 15 is 0 Å². The monoisotopic (exact) mass is 310 g/mol. The maximum absolute atomic E-state index is 10.1. The van der Waals surface area contributed by atoms with Crippen LogP contribution in [0.3, 0.4) is 0 Å². The van der Waals surface area contributed by atoms with Crippen molar-refractivity contribution in [2.75, 3.05) is 53.9 Å². The highest BCUT2D eigenvalue weighted by molar-refractivity contribution is 5.66. The molecule has 0 aromatic rings.